The minimum absolute atomic E-state index is 0.0834. The lowest BCUT2D eigenvalue weighted by Crippen LogP contribution is -2.39. The van der Waals surface area contributed by atoms with Gasteiger partial charge in [-0.15, -0.1) is 0 Å². The Balaban J connectivity index is 1.57. The van der Waals surface area contributed by atoms with E-state index in [9.17, 15) is 36.2 Å². The number of carbonyl (C=O) groups excluding carboxylic acids is 1. The van der Waals surface area contributed by atoms with Crippen LogP contribution in [0.15, 0.2) is 18.2 Å². The quantitative estimate of drug-likeness (QED) is 0.651. The third-order valence-electron chi connectivity index (χ3n) is 5.43. The molecule has 0 saturated heterocycles. The smallest absolute Gasteiger partial charge is 0.391 e. The number of benzene rings is 1. The lowest BCUT2D eigenvalue weighted by atomic mass is 10.00. The van der Waals surface area contributed by atoms with E-state index in [4.69, 9.17) is 0 Å². The van der Waals surface area contributed by atoms with Crippen LogP contribution in [0.5, 0.6) is 0 Å². The van der Waals surface area contributed by atoms with Crippen LogP contribution in [0.25, 0.3) is 0 Å². The summed E-state index contributed by atoms with van der Waals surface area (Å²) in [6.45, 7) is -0.188. The van der Waals surface area contributed by atoms with E-state index >= 15 is 0 Å². The maximum atomic E-state index is 14.7. The summed E-state index contributed by atoms with van der Waals surface area (Å²) in [4.78, 5) is 13.8. The molecule has 0 aliphatic carbocycles. The first kappa shape index (κ1) is 21.5. The number of hydrogen-bond donors (Lipinski definition) is 2. The molecule has 0 spiro atoms. The molecule has 4 rings (SSSR count). The predicted octanol–water partition coefficient (Wildman–Crippen LogP) is 3.88. The van der Waals surface area contributed by atoms with Crippen molar-refractivity contribution in [3.05, 3.63) is 46.5 Å². The molecule has 2 aromatic rings. The Labute approximate surface area is 172 Å². The third-order valence-corrected chi connectivity index (χ3v) is 5.43. The van der Waals surface area contributed by atoms with Gasteiger partial charge < -0.3 is 15.3 Å². The third kappa shape index (κ3) is 4.08. The molecule has 3 heterocycles. The second-order valence-corrected chi connectivity index (χ2v) is 7.65. The van der Waals surface area contributed by atoms with Crippen LogP contribution in [0, 0.1) is 5.82 Å². The number of nitrogens with one attached hydrogen (secondary N) is 1. The zero-order chi connectivity index (χ0) is 22.6. The van der Waals surface area contributed by atoms with Crippen LogP contribution in [0.4, 0.5) is 36.8 Å². The number of nitrogens with zero attached hydrogens (tertiary/aromatic N) is 3. The van der Waals surface area contributed by atoms with Crippen molar-refractivity contribution in [3.8, 4) is 0 Å². The van der Waals surface area contributed by atoms with E-state index in [2.05, 4.69) is 10.4 Å². The van der Waals surface area contributed by atoms with Gasteiger partial charge >= 0.3 is 12.2 Å². The molecule has 6 nitrogen and oxygen atoms in total. The lowest BCUT2D eigenvalue weighted by molar-refractivity contribution is -0.139. The molecule has 1 atom stereocenters. The van der Waals surface area contributed by atoms with Crippen LogP contribution in [0.3, 0.4) is 0 Å². The summed E-state index contributed by atoms with van der Waals surface area (Å²) in [5, 5.41) is 16.3. The maximum Gasteiger partial charge on any atom is 0.419 e. The van der Waals surface area contributed by atoms with Gasteiger partial charge in [-0.3, -0.25) is 4.68 Å². The van der Waals surface area contributed by atoms with Crippen molar-refractivity contribution in [2.24, 2.45) is 0 Å². The van der Waals surface area contributed by atoms with Gasteiger partial charge in [0.1, 0.15) is 11.5 Å². The Bertz CT molecular complexity index is 1020. The lowest BCUT2D eigenvalue weighted by Gasteiger charge is -2.28. The molecule has 1 aromatic carbocycles. The van der Waals surface area contributed by atoms with Gasteiger partial charge in [-0.2, -0.15) is 27.1 Å². The van der Waals surface area contributed by atoms with Gasteiger partial charge in [-0.25, -0.2) is 9.18 Å². The van der Waals surface area contributed by atoms with E-state index in [1.54, 1.807) is 0 Å². The van der Waals surface area contributed by atoms with Crippen LogP contribution in [0.2, 0.25) is 0 Å². The zero-order valence-electron chi connectivity index (χ0n) is 16.0. The molecule has 2 amide bonds. The zero-order valence-corrected chi connectivity index (χ0v) is 16.0. The number of anilines is 1. The second-order valence-electron chi connectivity index (χ2n) is 7.65. The molecule has 0 unspecified atom stereocenters. The topological polar surface area (TPSA) is 70.4 Å². The van der Waals surface area contributed by atoms with Gasteiger partial charge in [0.2, 0.25) is 0 Å². The first-order valence-corrected chi connectivity index (χ1v) is 9.53. The van der Waals surface area contributed by atoms with Crippen molar-refractivity contribution in [2.45, 2.75) is 50.6 Å². The monoisotopic (exact) mass is 448 g/mol. The van der Waals surface area contributed by atoms with E-state index in [-0.39, 0.29) is 49.4 Å². The summed E-state index contributed by atoms with van der Waals surface area (Å²) in [7, 11) is 0. The van der Waals surface area contributed by atoms with Gasteiger partial charge in [0.25, 0.3) is 5.92 Å². The standard InChI is InChI=1S/C19H18F6N4O2/c20-14-2-1-10(7-13(14)19(23,24)25)26-17(31)28-6-4-15-12(9-28)16-18(21,22)5-3-11(30)8-29(16)27-15/h1-2,7,11,30H,3-6,8-9H2,(H,26,31)/t11-/m0/s1. The molecule has 0 fully saturated rings. The fraction of sp³-hybridized carbons (Fsp3) is 0.474. The molecule has 1 aromatic heterocycles. The van der Waals surface area contributed by atoms with E-state index in [1.165, 1.54) is 4.90 Å². The molecule has 0 bridgehead atoms. The van der Waals surface area contributed by atoms with Gasteiger partial charge in [-0.1, -0.05) is 0 Å². The van der Waals surface area contributed by atoms with Crippen LogP contribution in [-0.2, 0) is 31.6 Å². The highest BCUT2D eigenvalue weighted by molar-refractivity contribution is 5.89. The number of amides is 2. The maximum absolute atomic E-state index is 14.7. The molecule has 0 saturated carbocycles. The fourth-order valence-electron chi connectivity index (χ4n) is 3.92. The summed E-state index contributed by atoms with van der Waals surface area (Å²) in [6.07, 6.45) is -6.38. The summed E-state index contributed by atoms with van der Waals surface area (Å²) in [6, 6.07) is 1.25. The highest BCUT2D eigenvalue weighted by Gasteiger charge is 2.43. The number of carbonyl (C=O) groups is 1. The number of fused-ring (bicyclic) bond motifs is 3. The molecule has 168 valence electrons. The molecular weight excluding hydrogens is 430 g/mol. The van der Waals surface area contributed by atoms with Gasteiger partial charge in [0.05, 0.1) is 30.5 Å². The number of urea groups is 1. The Morgan fingerprint density at radius 2 is 2.03 bits per heavy atom. The van der Waals surface area contributed by atoms with Crippen LogP contribution >= 0.6 is 0 Å². The van der Waals surface area contributed by atoms with Crippen molar-refractivity contribution in [2.75, 3.05) is 11.9 Å². The van der Waals surface area contributed by atoms with E-state index in [1.807, 2.05) is 0 Å². The minimum Gasteiger partial charge on any atom is -0.391 e. The number of halogens is 6. The van der Waals surface area contributed by atoms with Crippen molar-refractivity contribution in [3.63, 3.8) is 0 Å². The average Bonchev–Trinajstić information content (AvgIpc) is 2.99. The number of aliphatic hydroxyl groups is 1. The molecule has 2 aliphatic rings. The van der Waals surface area contributed by atoms with Gasteiger partial charge in [-0.05, 0) is 24.6 Å². The Morgan fingerprint density at radius 1 is 1.29 bits per heavy atom. The highest BCUT2D eigenvalue weighted by atomic mass is 19.4. The molecule has 2 N–H and O–H groups in total. The minimum atomic E-state index is -4.93. The number of rotatable bonds is 1. The number of hydrogen-bond acceptors (Lipinski definition) is 3. The average molecular weight is 448 g/mol. The predicted molar refractivity (Wildman–Crippen MR) is 95.9 cm³/mol. The Hall–Kier alpha value is -2.76. The highest BCUT2D eigenvalue weighted by Crippen LogP contribution is 2.40. The van der Waals surface area contributed by atoms with E-state index in [0.717, 1.165) is 10.7 Å². The molecular formula is C19H18F6N4O2. The van der Waals surface area contributed by atoms with E-state index in [0.29, 0.717) is 17.8 Å². The van der Waals surface area contributed by atoms with E-state index < -0.39 is 42.0 Å². The number of alkyl halides is 5. The van der Waals surface area contributed by atoms with Crippen LogP contribution in [0.1, 0.15) is 35.4 Å². The molecule has 2 aliphatic heterocycles. The molecule has 12 heteroatoms. The van der Waals surface area contributed by atoms with Gasteiger partial charge in [0.15, 0.2) is 0 Å². The number of aliphatic hydroxyl groups excluding tert-OH is 1. The normalized spacial score (nSPS) is 20.6. The van der Waals surface area contributed by atoms with Crippen molar-refractivity contribution >= 4 is 11.7 Å². The van der Waals surface area contributed by atoms with Gasteiger partial charge in [0, 0.05) is 30.6 Å². The van der Waals surface area contributed by atoms with Crippen molar-refractivity contribution in [1.82, 2.24) is 14.7 Å². The summed E-state index contributed by atoms with van der Waals surface area (Å²) in [5.41, 5.74) is -1.57. The summed E-state index contributed by atoms with van der Waals surface area (Å²) < 4.78 is 82.5. The van der Waals surface area contributed by atoms with Crippen LogP contribution < -0.4 is 5.32 Å². The van der Waals surface area contributed by atoms with Crippen molar-refractivity contribution in [1.29, 1.82) is 0 Å². The largest absolute Gasteiger partial charge is 0.419 e. The number of aromatic nitrogens is 2. The SMILES string of the molecule is O=C(Nc1ccc(F)c(C(F)(F)F)c1)N1CCc2nn3c(c2C1)C(F)(F)CC[C@H](O)C3. The van der Waals surface area contributed by atoms with Crippen LogP contribution in [-0.4, -0.2) is 38.5 Å². The summed E-state index contributed by atoms with van der Waals surface area (Å²) >= 11 is 0. The molecule has 31 heavy (non-hydrogen) atoms. The first-order chi connectivity index (χ1) is 14.5. The second kappa shape index (κ2) is 7.43. The Kier molecular flexibility index (Phi) is 5.15. The fourth-order valence-corrected chi connectivity index (χ4v) is 3.92. The van der Waals surface area contributed by atoms with Crippen molar-refractivity contribution < 1.29 is 36.2 Å². The Morgan fingerprint density at radius 3 is 2.74 bits per heavy atom. The molecule has 0 radical (unpaired) electrons. The first-order valence-electron chi connectivity index (χ1n) is 9.53. The summed E-state index contributed by atoms with van der Waals surface area (Å²) in [5.74, 6) is -4.71.